The van der Waals surface area contributed by atoms with E-state index in [4.69, 9.17) is 16.3 Å². The van der Waals surface area contributed by atoms with Gasteiger partial charge < -0.3 is 4.74 Å². The van der Waals surface area contributed by atoms with Crippen molar-refractivity contribution in [1.82, 2.24) is 0 Å². The van der Waals surface area contributed by atoms with Gasteiger partial charge in [-0.05, 0) is 28.1 Å². The molecule has 2 rings (SSSR count). The number of ether oxygens (including phenoxy) is 1. The Hall–Kier alpha value is -0.800. The molecular formula is C11H8BrClO2. The van der Waals surface area contributed by atoms with Crippen molar-refractivity contribution in [3.63, 3.8) is 0 Å². The number of ketones is 1. The summed E-state index contributed by atoms with van der Waals surface area (Å²) in [7, 11) is 0. The molecule has 0 aliphatic carbocycles. The summed E-state index contributed by atoms with van der Waals surface area (Å²) in [4.78, 5) is 11.5. The Morgan fingerprint density at radius 2 is 2.07 bits per heavy atom. The zero-order valence-corrected chi connectivity index (χ0v) is 10.1. The molecule has 1 aliphatic rings. The van der Waals surface area contributed by atoms with Crippen molar-refractivity contribution in [2.24, 2.45) is 0 Å². The van der Waals surface area contributed by atoms with Gasteiger partial charge in [-0.15, -0.1) is 0 Å². The minimum atomic E-state index is 0.0520. The quantitative estimate of drug-likeness (QED) is 0.791. The second kappa shape index (κ2) is 4.37. The summed E-state index contributed by atoms with van der Waals surface area (Å²) in [6.45, 7) is 0.411. The maximum atomic E-state index is 11.5. The van der Waals surface area contributed by atoms with E-state index in [2.05, 4.69) is 15.9 Å². The van der Waals surface area contributed by atoms with Gasteiger partial charge in [0.1, 0.15) is 10.2 Å². The number of carbonyl (C=O) groups is 1. The Morgan fingerprint density at radius 3 is 2.80 bits per heavy atom. The van der Waals surface area contributed by atoms with Crippen molar-refractivity contribution in [3.05, 3.63) is 39.3 Å². The molecule has 1 heterocycles. The Balaban J connectivity index is 2.51. The third kappa shape index (κ3) is 2.08. The Kier molecular flexibility index (Phi) is 3.12. The van der Waals surface area contributed by atoms with Crippen LogP contribution in [-0.4, -0.2) is 12.4 Å². The maximum absolute atomic E-state index is 11.5. The molecule has 0 saturated carbocycles. The highest BCUT2D eigenvalue weighted by atomic mass is 79.9. The van der Waals surface area contributed by atoms with Crippen molar-refractivity contribution < 1.29 is 9.53 Å². The van der Waals surface area contributed by atoms with Gasteiger partial charge in [-0.1, -0.05) is 23.7 Å². The molecule has 4 heteroatoms. The molecule has 1 aromatic rings. The van der Waals surface area contributed by atoms with E-state index in [9.17, 15) is 4.79 Å². The van der Waals surface area contributed by atoms with E-state index < -0.39 is 0 Å². The summed E-state index contributed by atoms with van der Waals surface area (Å²) in [5.74, 6) is 0.591. The normalized spacial score (nSPS) is 16.5. The number of allylic oxidation sites excluding steroid dienone is 1. The first-order chi connectivity index (χ1) is 7.20. The first-order valence-electron chi connectivity index (χ1n) is 4.51. The minimum Gasteiger partial charge on any atom is -0.491 e. The van der Waals surface area contributed by atoms with Crippen LogP contribution in [0.3, 0.4) is 0 Å². The van der Waals surface area contributed by atoms with Crippen LogP contribution in [0.1, 0.15) is 12.0 Å². The van der Waals surface area contributed by atoms with Crippen LogP contribution < -0.4 is 0 Å². The number of rotatable bonds is 1. The van der Waals surface area contributed by atoms with Crippen LogP contribution in [0.4, 0.5) is 0 Å². The molecule has 1 aromatic carbocycles. The standard InChI is InChI=1S/C11H8BrClO2/c12-10-9(14)5-6-15-11(10)7-3-1-2-4-8(7)13/h1-4H,5-6H2. The van der Waals surface area contributed by atoms with Crippen LogP contribution in [0, 0.1) is 0 Å². The van der Waals surface area contributed by atoms with E-state index >= 15 is 0 Å². The lowest BCUT2D eigenvalue weighted by atomic mass is 10.1. The Bertz CT molecular complexity index is 440. The highest BCUT2D eigenvalue weighted by Gasteiger charge is 2.22. The second-order valence-corrected chi connectivity index (χ2v) is 4.34. The zero-order valence-electron chi connectivity index (χ0n) is 7.80. The lowest BCUT2D eigenvalue weighted by Crippen LogP contribution is -2.13. The fourth-order valence-electron chi connectivity index (χ4n) is 1.39. The van der Waals surface area contributed by atoms with Gasteiger partial charge in [0.2, 0.25) is 0 Å². The number of carbonyl (C=O) groups excluding carboxylic acids is 1. The molecule has 15 heavy (non-hydrogen) atoms. The van der Waals surface area contributed by atoms with Gasteiger partial charge in [0.05, 0.1) is 11.6 Å². The third-order valence-corrected chi connectivity index (χ3v) is 3.27. The largest absolute Gasteiger partial charge is 0.491 e. The van der Waals surface area contributed by atoms with E-state index in [-0.39, 0.29) is 5.78 Å². The molecule has 0 atom stereocenters. The molecular weight excluding hydrogens is 279 g/mol. The van der Waals surface area contributed by atoms with E-state index in [1.165, 1.54) is 0 Å². The van der Waals surface area contributed by atoms with Gasteiger partial charge >= 0.3 is 0 Å². The SMILES string of the molecule is O=C1CCOC(c2ccccc2Cl)=C1Br. The molecule has 0 saturated heterocycles. The summed E-state index contributed by atoms with van der Waals surface area (Å²) < 4.78 is 5.93. The van der Waals surface area contributed by atoms with Crippen LogP contribution in [0.25, 0.3) is 5.76 Å². The van der Waals surface area contributed by atoms with Crippen molar-refractivity contribution in [2.75, 3.05) is 6.61 Å². The smallest absolute Gasteiger partial charge is 0.176 e. The van der Waals surface area contributed by atoms with Crippen LogP contribution in [0.15, 0.2) is 28.7 Å². The van der Waals surface area contributed by atoms with Crippen molar-refractivity contribution in [2.45, 2.75) is 6.42 Å². The molecule has 2 nitrogen and oxygen atoms in total. The van der Waals surface area contributed by atoms with Crippen molar-refractivity contribution in [1.29, 1.82) is 0 Å². The van der Waals surface area contributed by atoms with Gasteiger partial charge in [-0.25, -0.2) is 0 Å². The lowest BCUT2D eigenvalue weighted by molar-refractivity contribution is -0.116. The lowest BCUT2D eigenvalue weighted by Gasteiger charge is -2.18. The molecule has 1 aliphatic heterocycles. The Labute approximate surface area is 101 Å². The topological polar surface area (TPSA) is 26.3 Å². The zero-order chi connectivity index (χ0) is 10.8. The number of benzene rings is 1. The summed E-state index contributed by atoms with van der Waals surface area (Å²) in [6.07, 6.45) is 0.411. The molecule has 0 fully saturated rings. The number of halogens is 2. The second-order valence-electron chi connectivity index (χ2n) is 3.14. The molecule has 0 spiro atoms. The molecule has 0 radical (unpaired) electrons. The summed E-state index contributed by atoms with van der Waals surface area (Å²) in [5.41, 5.74) is 0.749. The Morgan fingerprint density at radius 1 is 1.33 bits per heavy atom. The van der Waals surface area contributed by atoms with E-state index in [0.717, 1.165) is 5.56 Å². The van der Waals surface area contributed by atoms with Gasteiger partial charge in [0.15, 0.2) is 5.78 Å². The first-order valence-corrected chi connectivity index (χ1v) is 5.68. The van der Waals surface area contributed by atoms with Gasteiger partial charge in [-0.2, -0.15) is 0 Å². The van der Waals surface area contributed by atoms with Gasteiger partial charge in [0.25, 0.3) is 0 Å². The summed E-state index contributed by atoms with van der Waals surface area (Å²) >= 11 is 9.26. The first kappa shape index (κ1) is 10.7. The van der Waals surface area contributed by atoms with E-state index in [1.54, 1.807) is 6.07 Å². The highest BCUT2D eigenvalue weighted by Crippen LogP contribution is 2.32. The molecule has 0 N–H and O–H groups in total. The van der Waals surface area contributed by atoms with Crippen LogP contribution >= 0.6 is 27.5 Å². The number of hydrogen-bond acceptors (Lipinski definition) is 2. The average Bonchev–Trinajstić information content (AvgIpc) is 2.23. The van der Waals surface area contributed by atoms with Gasteiger partial charge in [-0.3, -0.25) is 4.79 Å². The predicted octanol–water partition coefficient (Wildman–Crippen LogP) is 3.39. The minimum absolute atomic E-state index is 0.0520. The molecule has 0 bridgehead atoms. The highest BCUT2D eigenvalue weighted by molar-refractivity contribution is 9.12. The fourth-order valence-corrected chi connectivity index (χ4v) is 2.13. The maximum Gasteiger partial charge on any atom is 0.176 e. The molecule has 0 unspecified atom stereocenters. The number of hydrogen-bond donors (Lipinski definition) is 0. The van der Waals surface area contributed by atoms with Crippen molar-refractivity contribution in [3.8, 4) is 0 Å². The van der Waals surface area contributed by atoms with E-state index in [0.29, 0.717) is 28.3 Å². The molecule has 78 valence electrons. The summed E-state index contributed by atoms with van der Waals surface area (Å²) in [6, 6.07) is 7.30. The molecule has 0 aromatic heterocycles. The number of Topliss-reactive ketones (excluding diaryl/α,β-unsaturated/α-hetero) is 1. The van der Waals surface area contributed by atoms with Crippen LogP contribution in [0.2, 0.25) is 5.02 Å². The van der Waals surface area contributed by atoms with E-state index in [1.807, 2.05) is 18.2 Å². The predicted molar refractivity (Wildman–Crippen MR) is 62.9 cm³/mol. The fraction of sp³-hybridized carbons (Fsp3) is 0.182. The van der Waals surface area contributed by atoms with Crippen LogP contribution in [0.5, 0.6) is 0 Å². The van der Waals surface area contributed by atoms with Crippen LogP contribution in [-0.2, 0) is 9.53 Å². The third-order valence-electron chi connectivity index (χ3n) is 2.14. The van der Waals surface area contributed by atoms with Crippen molar-refractivity contribution >= 4 is 39.1 Å². The molecule has 0 amide bonds. The summed E-state index contributed by atoms with van der Waals surface area (Å²) in [5, 5.41) is 0.583. The monoisotopic (exact) mass is 286 g/mol. The van der Waals surface area contributed by atoms with Gasteiger partial charge in [0, 0.05) is 12.0 Å². The average molecular weight is 288 g/mol.